The second kappa shape index (κ2) is 6.93. The molecule has 1 rings (SSSR count). The van der Waals surface area contributed by atoms with Crippen molar-refractivity contribution in [1.82, 2.24) is 0 Å². The summed E-state index contributed by atoms with van der Waals surface area (Å²) in [7, 11) is 0. The lowest BCUT2D eigenvalue weighted by atomic mass is 10.1. The lowest BCUT2D eigenvalue weighted by Crippen LogP contribution is -2.05. The molecular weight excluding hydrogens is 246 g/mol. The van der Waals surface area contributed by atoms with Crippen LogP contribution in [0.5, 0.6) is 0 Å². The van der Waals surface area contributed by atoms with E-state index in [2.05, 4.69) is 11.7 Å². The van der Waals surface area contributed by atoms with Crippen molar-refractivity contribution in [2.24, 2.45) is 4.99 Å². The van der Waals surface area contributed by atoms with Crippen molar-refractivity contribution in [3.63, 3.8) is 0 Å². The van der Waals surface area contributed by atoms with Crippen molar-refractivity contribution in [2.75, 3.05) is 0 Å². The molecule has 0 radical (unpaired) electrons. The summed E-state index contributed by atoms with van der Waals surface area (Å²) in [5.41, 5.74) is -0.801. The third kappa shape index (κ3) is 3.98. The SMILES string of the molecule is C=N/C(=C\C)c1ccc(C(F)(F)F)cc1F.CC. The number of alkyl halides is 3. The van der Waals surface area contributed by atoms with Gasteiger partial charge in [-0.05, 0) is 31.8 Å². The van der Waals surface area contributed by atoms with Crippen molar-refractivity contribution in [3.05, 3.63) is 41.2 Å². The van der Waals surface area contributed by atoms with Crippen LogP contribution in [-0.2, 0) is 6.18 Å². The summed E-state index contributed by atoms with van der Waals surface area (Å²) in [6, 6.07) is 2.30. The second-order valence-corrected chi connectivity index (χ2v) is 3.02. The number of allylic oxidation sites excluding steroid dienone is 1. The molecule has 18 heavy (non-hydrogen) atoms. The number of benzene rings is 1. The molecule has 0 saturated carbocycles. The molecule has 5 heteroatoms. The predicted octanol–water partition coefficient (Wildman–Crippen LogP) is 4.93. The first-order chi connectivity index (χ1) is 8.40. The summed E-state index contributed by atoms with van der Waals surface area (Å²) in [6.07, 6.45) is -3.07. The van der Waals surface area contributed by atoms with E-state index in [1.165, 1.54) is 6.08 Å². The lowest BCUT2D eigenvalue weighted by molar-refractivity contribution is -0.137. The molecule has 0 aliphatic carbocycles. The average molecular weight is 261 g/mol. The monoisotopic (exact) mass is 261 g/mol. The highest BCUT2D eigenvalue weighted by atomic mass is 19.4. The third-order valence-electron chi connectivity index (χ3n) is 2.02. The van der Waals surface area contributed by atoms with E-state index in [1.54, 1.807) is 6.92 Å². The minimum absolute atomic E-state index is 0.00509. The molecular formula is C13H15F4N. The maximum Gasteiger partial charge on any atom is 0.416 e. The molecule has 0 aliphatic heterocycles. The van der Waals surface area contributed by atoms with Crippen molar-refractivity contribution >= 4 is 12.4 Å². The van der Waals surface area contributed by atoms with Crippen molar-refractivity contribution in [3.8, 4) is 0 Å². The largest absolute Gasteiger partial charge is 0.416 e. The van der Waals surface area contributed by atoms with E-state index < -0.39 is 17.6 Å². The fraction of sp³-hybridized carbons (Fsp3) is 0.308. The average Bonchev–Trinajstić information content (AvgIpc) is 2.34. The van der Waals surface area contributed by atoms with E-state index in [0.29, 0.717) is 6.07 Å². The fourth-order valence-corrected chi connectivity index (χ4v) is 1.23. The van der Waals surface area contributed by atoms with Crippen LogP contribution in [0.3, 0.4) is 0 Å². The highest BCUT2D eigenvalue weighted by Gasteiger charge is 2.31. The van der Waals surface area contributed by atoms with E-state index in [-0.39, 0.29) is 11.3 Å². The van der Waals surface area contributed by atoms with Gasteiger partial charge in [0.1, 0.15) is 5.82 Å². The second-order valence-electron chi connectivity index (χ2n) is 3.02. The highest BCUT2D eigenvalue weighted by molar-refractivity contribution is 5.68. The molecule has 0 atom stereocenters. The van der Waals surface area contributed by atoms with E-state index in [0.717, 1.165) is 12.1 Å². The smallest absolute Gasteiger partial charge is 0.264 e. The fourth-order valence-electron chi connectivity index (χ4n) is 1.23. The van der Waals surface area contributed by atoms with Gasteiger partial charge in [0.05, 0.1) is 11.3 Å². The maximum atomic E-state index is 13.4. The first-order valence-corrected chi connectivity index (χ1v) is 5.40. The molecule has 0 aromatic heterocycles. The first kappa shape index (κ1) is 16.4. The molecule has 0 aliphatic rings. The molecule has 0 heterocycles. The van der Waals surface area contributed by atoms with Gasteiger partial charge in [0.2, 0.25) is 0 Å². The summed E-state index contributed by atoms with van der Waals surface area (Å²) >= 11 is 0. The van der Waals surface area contributed by atoms with Crippen LogP contribution < -0.4 is 0 Å². The third-order valence-corrected chi connectivity index (χ3v) is 2.02. The molecule has 1 aromatic rings. The molecule has 0 amide bonds. The van der Waals surface area contributed by atoms with Crippen LogP contribution in [0, 0.1) is 5.82 Å². The Labute approximate surface area is 104 Å². The minimum atomic E-state index is -4.54. The Kier molecular flexibility index (Phi) is 6.30. The van der Waals surface area contributed by atoms with Gasteiger partial charge in [0.15, 0.2) is 0 Å². The number of hydrogen-bond acceptors (Lipinski definition) is 1. The van der Waals surface area contributed by atoms with Gasteiger partial charge >= 0.3 is 6.18 Å². The van der Waals surface area contributed by atoms with Gasteiger partial charge in [-0.25, -0.2) is 4.39 Å². The zero-order chi connectivity index (χ0) is 14.3. The van der Waals surface area contributed by atoms with Crippen molar-refractivity contribution in [1.29, 1.82) is 0 Å². The zero-order valence-electron chi connectivity index (χ0n) is 10.5. The molecule has 0 saturated heterocycles. The highest BCUT2D eigenvalue weighted by Crippen LogP contribution is 2.31. The molecule has 0 unspecified atom stereocenters. The van der Waals surface area contributed by atoms with Crippen molar-refractivity contribution in [2.45, 2.75) is 26.9 Å². The summed E-state index contributed by atoms with van der Waals surface area (Å²) in [4.78, 5) is 3.52. The number of hydrogen-bond donors (Lipinski definition) is 0. The normalized spacial score (nSPS) is 11.6. The molecule has 0 fully saturated rings. The first-order valence-electron chi connectivity index (χ1n) is 5.40. The number of nitrogens with zero attached hydrogens (tertiary/aromatic N) is 1. The van der Waals surface area contributed by atoms with Gasteiger partial charge in [0.25, 0.3) is 0 Å². The van der Waals surface area contributed by atoms with Crippen LogP contribution >= 0.6 is 0 Å². The molecule has 1 aromatic carbocycles. The Hall–Kier alpha value is -1.65. The minimum Gasteiger partial charge on any atom is -0.264 e. The van der Waals surface area contributed by atoms with Gasteiger partial charge < -0.3 is 0 Å². The zero-order valence-corrected chi connectivity index (χ0v) is 10.5. The molecule has 0 bridgehead atoms. The van der Waals surface area contributed by atoms with E-state index >= 15 is 0 Å². The Balaban J connectivity index is 0.00000137. The van der Waals surface area contributed by atoms with Gasteiger partial charge in [-0.2, -0.15) is 13.2 Å². The van der Waals surface area contributed by atoms with Crippen LogP contribution in [0.1, 0.15) is 31.9 Å². The quantitative estimate of drug-likeness (QED) is 0.528. The Morgan fingerprint density at radius 2 is 1.83 bits per heavy atom. The van der Waals surface area contributed by atoms with Crippen LogP contribution in [0.2, 0.25) is 0 Å². The van der Waals surface area contributed by atoms with Crippen LogP contribution in [0.4, 0.5) is 17.6 Å². The van der Waals surface area contributed by atoms with Gasteiger partial charge in [0, 0.05) is 5.56 Å². The maximum absolute atomic E-state index is 13.4. The van der Waals surface area contributed by atoms with Gasteiger partial charge in [-0.3, -0.25) is 4.99 Å². The number of rotatable bonds is 2. The summed E-state index contributed by atoms with van der Waals surface area (Å²) in [6.45, 7) is 8.81. The van der Waals surface area contributed by atoms with Gasteiger partial charge in [-0.15, -0.1) is 0 Å². The van der Waals surface area contributed by atoms with Crippen LogP contribution in [-0.4, -0.2) is 6.72 Å². The van der Waals surface area contributed by atoms with E-state index in [9.17, 15) is 17.6 Å². The molecule has 1 nitrogen and oxygen atoms in total. The van der Waals surface area contributed by atoms with Gasteiger partial charge in [-0.1, -0.05) is 19.9 Å². The predicted molar refractivity (Wildman–Crippen MR) is 66.0 cm³/mol. The van der Waals surface area contributed by atoms with E-state index in [1.807, 2.05) is 13.8 Å². The van der Waals surface area contributed by atoms with Crippen LogP contribution in [0.15, 0.2) is 29.3 Å². The van der Waals surface area contributed by atoms with E-state index in [4.69, 9.17) is 0 Å². The molecule has 100 valence electrons. The Bertz CT molecular complexity index is 433. The Morgan fingerprint density at radius 3 is 2.17 bits per heavy atom. The molecule has 0 spiro atoms. The standard InChI is InChI=1S/C11H9F4N.C2H6/c1-3-10(16-2)8-5-4-7(6-9(8)12)11(13,14)15;1-2/h3-6H,2H2,1H3;1-2H3/b10-3-;. The number of halogens is 4. The molecule has 0 N–H and O–H groups in total. The van der Waals surface area contributed by atoms with Crippen molar-refractivity contribution < 1.29 is 17.6 Å². The lowest BCUT2D eigenvalue weighted by Gasteiger charge is -2.09. The van der Waals surface area contributed by atoms with Crippen LogP contribution in [0.25, 0.3) is 5.70 Å². The summed E-state index contributed by atoms with van der Waals surface area (Å²) < 4.78 is 50.1. The number of aliphatic imine (C=N–C) groups is 1. The summed E-state index contributed by atoms with van der Waals surface area (Å²) in [5.74, 6) is -0.963. The summed E-state index contributed by atoms with van der Waals surface area (Å²) in [5, 5.41) is 0. The Morgan fingerprint density at radius 1 is 1.28 bits per heavy atom. The topological polar surface area (TPSA) is 12.4 Å².